The minimum absolute atomic E-state index is 0.0696. The fourth-order valence-corrected chi connectivity index (χ4v) is 3.69. The first-order valence-corrected chi connectivity index (χ1v) is 8.44. The third kappa shape index (κ3) is 3.34. The molecule has 5 atom stereocenters. The Balaban J connectivity index is 1.89. The molecule has 0 spiro atoms. The maximum atomic E-state index is 12.4. The molecule has 1 fully saturated rings. The van der Waals surface area contributed by atoms with Crippen molar-refractivity contribution in [3.05, 3.63) is 51.8 Å². The summed E-state index contributed by atoms with van der Waals surface area (Å²) in [7, 11) is 1.10. The number of hydrogen-bond acceptors (Lipinski definition) is 10. The second-order valence-electron chi connectivity index (χ2n) is 6.85. The topological polar surface area (TPSA) is 162 Å². The number of hydrogen-bond donors (Lipinski definition) is 2. The smallest absolute Gasteiger partial charge is 0.338 e. The Morgan fingerprint density at radius 1 is 1.24 bits per heavy atom. The molecule has 29 heavy (non-hydrogen) atoms. The summed E-state index contributed by atoms with van der Waals surface area (Å²) in [6.07, 6.45) is -2.36. The lowest BCUT2D eigenvalue weighted by atomic mass is 9.81. The van der Waals surface area contributed by atoms with Crippen molar-refractivity contribution in [2.24, 2.45) is 11.8 Å². The molecule has 0 amide bonds. The van der Waals surface area contributed by atoms with Crippen molar-refractivity contribution in [2.45, 2.75) is 24.7 Å². The number of nitro benzene ring substituents is 1. The number of benzene rings is 1. The fourth-order valence-electron chi connectivity index (χ4n) is 3.69. The minimum atomic E-state index is -2.06. The maximum Gasteiger partial charge on any atom is 0.338 e. The highest BCUT2D eigenvalue weighted by Crippen LogP contribution is 2.48. The van der Waals surface area contributed by atoms with Crippen LogP contribution in [0.4, 0.5) is 5.69 Å². The second-order valence-corrected chi connectivity index (χ2v) is 6.85. The average molecular weight is 407 g/mol. The van der Waals surface area contributed by atoms with E-state index in [1.165, 1.54) is 6.92 Å². The molecule has 0 bridgehead atoms. The molecule has 1 aromatic carbocycles. The van der Waals surface area contributed by atoms with Gasteiger partial charge >= 0.3 is 17.9 Å². The highest BCUT2D eigenvalue weighted by atomic mass is 16.6. The number of fused-ring (bicyclic) bond motifs is 1. The normalized spacial score (nSPS) is 30.6. The Kier molecular flexibility index (Phi) is 5.11. The van der Waals surface area contributed by atoms with Crippen LogP contribution in [0, 0.1) is 22.0 Å². The molecule has 0 saturated heterocycles. The van der Waals surface area contributed by atoms with E-state index in [1.54, 1.807) is 0 Å². The van der Waals surface area contributed by atoms with Crippen molar-refractivity contribution in [1.82, 2.24) is 0 Å². The molecule has 0 radical (unpaired) electrons. The van der Waals surface area contributed by atoms with Gasteiger partial charge in [0.2, 0.25) is 0 Å². The summed E-state index contributed by atoms with van der Waals surface area (Å²) in [4.78, 5) is 46.7. The lowest BCUT2D eigenvalue weighted by molar-refractivity contribution is -0.384. The summed E-state index contributed by atoms with van der Waals surface area (Å²) in [5, 5.41) is 32.3. The van der Waals surface area contributed by atoms with Crippen LogP contribution in [-0.2, 0) is 23.8 Å². The van der Waals surface area contributed by atoms with Gasteiger partial charge in [-0.15, -0.1) is 0 Å². The first kappa shape index (κ1) is 20.4. The van der Waals surface area contributed by atoms with Gasteiger partial charge < -0.3 is 24.4 Å². The SMILES string of the molecule is COC(=O)C1=COC(=O)[C@H]2[C@@H]1[C@H](O)[C@H](OC(=O)c1ccc([N+](=O)[O-])cc1)[C@]2(C)O. The van der Waals surface area contributed by atoms with Gasteiger partial charge in [0.15, 0.2) is 6.10 Å². The quantitative estimate of drug-likeness (QED) is 0.303. The number of nitrogens with zero attached hydrogens (tertiary/aromatic N) is 1. The van der Waals surface area contributed by atoms with Crippen molar-refractivity contribution in [2.75, 3.05) is 7.11 Å². The Morgan fingerprint density at radius 3 is 2.41 bits per heavy atom. The molecule has 1 saturated carbocycles. The molecule has 2 aliphatic rings. The first-order chi connectivity index (χ1) is 13.6. The Hall–Kier alpha value is -3.31. The van der Waals surface area contributed by atoms with Crippen molar-refractivity contribution < 1.29 is 43.7 Å². The first-order valence-electron chi connectivity index (χ1n) is 8.44. The molecule has 1 heterocycles. The van der Waals surface area contributed by atoms with Crippen LogP contribution in [0.5, 0.6) is 0 Å². The Bertz CT molecular complexity index is 904. The van der Waals surface area contributed by atoms with E-state index < -0.39 is 52.5 Å². The van der Waals surface area contributed by atoms with Crippen LogP contribution in [0.25, 0.3) is 0 Å². The van der Waals surface area contributed by atoms with E-state index in [1.807, 2.05) is 0 Å². The van der Waals surface area contributed by atoms with E-state index >= 15 is 0 Å². The Labute approximate surface area is 163 Å². The molecular formula is C18H17NO10. The minimum Gasteiger partial charge on any atom is -0.466 e. The molecule has 11 heteroatoms. The molecule has 1 aliphatic carbocycles. The monoisotopic (exact) mass is 407 g/mol. The van der Waals surface area contributed by atoms with Crippen LogP contribution in [0.1, 0.15) is 17.3 Å². The predicted octanol–water partition coefficient (Wildman–Crippen LogP) is 0.0918. The zero-order valence-corrected chi connectivity index (χ0v) is 15.3. The number of nitro groups is 1. The summed E-state index contributed by atoms with van der Waals surface area (Å²) in [5.41, 5.74) is -2.56. The second kappa shape index (κ2) is 7.26. The molecule has 1 aliphatic heterocycles. The fraction of sp³-hybridized carbons (Fsp3) is 0.389. The number of carbonyl (C=O) groups excluding carboxylic acids is 3. The zero-order valence-electron chi connectivity index (χ0n) is 15.3. The largest absolute Gasteiger partial charge is 0.466 e. The van der Waals surface area contributed by atoms with Crippen molar-refractivity contribution in [1.29, 1.82) is 0 Å². The van der Waals surface area contributed by atoms with Gasteiger partial charge in [-0.05, 0) is 19.1 Å². The number of aliphatic hydroxyl groups excluding tert-OH is 1. The summed E-state index contributed by atoms with van der Waals surface area (Å²) >= 11 is 0. The third-order valence-corrected chi connectivity index (χ3v) is 5.13. The maximum absolute atomic E-state index is 12.4. The van der Waals surface area contributed by atoms with Gasteiger partial charge in [0.05, 0.1) is 29.1 Å². The predicted molar refractivity (Wildman–Crippen MR) is 92.1 cm³/mol. The summed E-state index contributed by atoms with van der Waals surface area (Å²) in [6, 6.07) is 4.49. The van der Waals surface area contributed by atoms with Crippen LogP contribution >= 0.6 is 0 Å². The van der Waals surface area contributed by atoms with E-state index in [-0.39, 0.29) is 16.8 Å². The van der Waals surface area contributed by atoms with Crippen LogP contribution in [-0.4, -0.2) is 58.0 Å². The average Bonchev–Trinajstić information content (AvgIpc) is 2.89. The number of carbonyl (C=O) groups is 3. The van der Waals surface area contributed by atoms with E-state index in [0.717, 1.165) is 37.6 Å². The van der Waals surface area contributed by atoms with Gasteiger partial charge in [-0.25, -0.2) is 9.59 Å². The molecular weight excluding hydrogens is 390 g/mol. The summed E-state index contributed by atoms with van der Waals surface area (Å²) < 4.78 is 14.7. The van der Waals surface area contributed by atoms with Crippen LogP contribution in [0.3, 0.4) is 0 Å². The molecule has 11 nitrogen and oxygen atoms in total. The molecule has 2 N–H and O–H groups in total. The van der Waals surface area contributed by atoms with E-state index in [0.29, 0.717) is 0 Å². The van der Waals surface area contributed by atoms with Gasteiger partial charge in [-0.2, -0.15) is 0 Å². The highest BCUT2D eigenvalue weighted by molar-refractivity contribution is 5.93. The molecule has 0 unspecified atom stereocenters. The number of ether oxygens (including phenoxy) is 3. The number of aliphatic hydroxyl groups is 2. The highest BCUT2D eigenvalue weighted by Gasteiger charge is 2.65. The van der Waals surface area contributed by atoms with Crippen molar-refractivity contribution in [3.63, 3.8) is 0 Å². The standard InChI is InChI=1S/C18H17NO10/c1-18(24)12-11(10(16(22)27-2)7-28-17(12)23)13(20)14(18)29-15(21)8-3-5-9(6-4-8)19(25)26/h3-7,11-14,20,24H,1-2H3/t11-,12-,13+,14+,18-/m1/s1. The van der Waals surface area contributed by atoms with E-state index in [4.69, 9.17) is 9.47 Å². The zero-order chi connectivity index (χ0) is 21.5. The number of cyclic esters (lactones) is 1. The molecule has 1 aromatic rings. The summed E-state index contributed by atoms with van der Waals surface area (Å²) in [6.45, 7) is 1.18. The number of methoxy groups -OCH3 is 1. The van der Waals surface area contributed by atoms with Crippen LogP contribution in [0.15, 0.2) is 36.1 Å². The molecule has 0 aromatic heterocycles. The van der Waals surface area contributed by atoms with E-state index in [9.17, 15) is 34.7 Å². The Morgan fingerprint density at radius 2 is 1.86 bits per heavy atom. The summed E-state index contributed by atoms with van der Waals surface area (Å²) in [5.74, 6) is -5.36. The van der Waals surface area contributed by atoms with E-state index in [2.05, 4.69) is 4.74 Å². The van der Waals surface area contributed by atoms with Crippen molar-refractivity contribution >= 4 is 23.6 Å². The molecule has 154 valence electrons. The number of rotatable bonds is 4. The van der Waals surface area contributed by atoms with Crippen LogP contribution in [0.2, 0.25) is 0 Å². The van der Waals surface area contributed by atoms with Gasteiger partial charge in [0.25, 0.3) is 5.69 Å². The van der Waals surface area contributed by atoms with Gasteiger partial charge in [0.1, 0.15) is 18.0 Å². The lowest BCUT2D eigenvalue weighted by Gasteiger charge is -2.31. The van der Waals surface area contributed by atoms with Crippen LogP contribution < -0.4 is 0 Å². The molecule has 3 rings (SSSR count). The lowest BCUT2D eigenvalue weighted by Crippen LogP contribution is -2.48. The van der Waals surface area contributed by atoms with Gasteiger partial charge in [-0.1, -0.05) is 0 Å². The van der Waals surface area contributed by atoms with Gasteiger partial charge in [0, 0.05) is 18.1 Å². The number of non-ortho nitro benzene ring substituents is 1. The third-order valence-electron chi connectivity index (χ3n) is 5.13. The van der Waals surface area contributed by atoms with Gasteiger partial charge in [-0.3, -0.25) is 14.9 Å². The number of esters is 3. The van der Waals surface area contributed by atoms with Crippen molar-refractivity contribution in [3.8, 4) is 0 Å².